The van der Waals surface area contributed by atoms with E-state index in [1.54, 1.807) is 4.90 Å². The second-order valence-electron chi connectivity index (χ2n) is 11.5. The van der Waals surface area contributed by atoms with Crippen molar-refractivity contribution in [3.05, 3.63) is 0 Å². The summed E-state index contributed by atoms with van der Waals surface area (Å²) in [7, 11) is 0. The van der Waals surface area contributed by atoms with E-state index in [0.717, 1.165) is 12.8 Å². The molecule has 0 spiro atoms. The van der Waals surface area contributed by atoms with Crippen LogP contribution < -0.4 is 5.32 Å². The molecule has 0 aromatic rings. The Bertz CT molecular complexity index is 582. The fourth-order valence-electron chi connectivity index (χ4n) is 7.04. The fraction of sp³-hybridized carbons (Fsp3) is 0.929. The highest BCUT2D eigenvalue weighted by Gasteiger charge is 2.44. The van der Waals surface area contributed by atoms with Gasteiger partial charge in [-0.05, 0) is 44.4 Å². The van der Waals surface area contributed by atoms with Gasteiger partial charge in [-0.1, -0.05) is 96.3 Å². The number of urea groups is 1. The van der Waals surface area contributed by atoms with Crippen LogP contribution in [0.5, 0.6) is 0 Å². The van der Waals surface area contributed by atoms with Crippen molar-refractivity contribution in [2.24, 2.45) is 5.92 Å². The first kappa shape index (κ1) is 25.0. The molecule has 4 rings (SSSR count). The molecular formula is C28H49N3O2. The van der Waals surface area contributed by atoms with Gasteiger partial charge in [0, 0.05) is 12.1 Å². The van der Waals surface area contributed by atoms with Crippen LogP contribution in [0.2, 0.25) is 0 Å². The van der Waals surface area contributed by atoms with Crippen LogP contribution >= 0.6 is 0 Å². The number of carbonyl (C=O) groups excluding carboxylic acids is 2. The molecule has 188 valence electrons. The molecule has 4 aliphatic rings. The van der Waals surface area contributed by atoms with Gasteiger partial charge in [0.15, 0.2) is 0 Å². The summed E-state index contributed by atoms with van der Waals surface area (Å²) in [6.45, 7) is 0.517. The average molecular weight is 460 g/mol. The second-order valence-corrected chi connectivity index (χ2v) is 11.5. The number of hydrogen-bond acceptors (Lipinski definition) is 3. The van der Waals surface area contributed by atoms with Gasteiger partial charge in [0.2, 0.25) is 0 Å². The molecule has 5 heteroatoms. The minimum Gasteiger partial charge on any atom is -0.325 e. The zero-order valence-electron chi connectivity index (χ0n) is 21.1. The largest absolute Gasteiger partial charge is 0.325 e. The topological polar surface area (TPSA) is 52.7 Å². The summed E-state index contributed by atoms with van der Waals surface area (Å²) in [6.07, 6.45) is 26.6. The molecule has 0 aromatic carbocycles. The third kappa shape index (κ3) is 6.96. The molecule has 5 nitrogen and oxygen atoms in total. The van der Waals surface area contributed by atoms with Crippen molar-refractivity contribution in [3.8, 4) is 0 Å². The molecule has 3 amide bonds. The molecule has 1 saturated heterocycles. The van der Waals surface area contributed by atoms with E-state index in [0.29, 0.717) is 24.7 Å². The number of imide groups is 1. The zero-order chi connectivity index (χ0) is 22.9. The summed E-state index contributed by atoms with van der Waals surface area (Å²) in [6, 6.07) is 0.665. The maximum atomic E-state index is 13.6. The Labute approximate surface area is 202 Å². The molecule has 3 aliphatic carbocycles. The Morgan fingerprint density at radius 2 is 1.00 bits per heavy atom. The first-order chi connectivity index (χ1) is 16.2. The summed E-state index contributed by atoms with van der Waals surface area (Å²) in [5, 5.41) is 3.16. The Kier molecular flexibility index (Phi) is 9.94. The quantitative estimate of drug-likeness (QED) is 0.463. The molecule has 3 saturated carbocycles. The zero-order valence-corrected chi connectivity index (χ0v) is 21.1. The molecule has 0 radical (unpaired) electrons. The summed E-state index contributed by atoms with van der Waals surface area (Å²) in [5.41, 5.74) is 0. The van der Waals surface area contributed by atoms with Crippen LogP contribution in [0.4, 0.5) is 4.79 Å². The number of rotatable bonds is 5. The SMILES string of the molecule is O=C1NC(C2CCCCCCCCCCC2)C(=O)N1CN(C1CCCCC1)C1CCCCC1. The van der Waals surface area contributed by atoms with Crippen LogP contribution in [0.25, 0.3) is 0 Å². The summed E-state index contributed by atoms with van der Waals surface area (Å²) >= 11 is 0. The molecule has 33 heavy (non-hydrogen) atoms. The number of nitrogens with one attached hydrogen (secondary N) is 1. The van der Waals surface area contributed by atoms with E-state index in [1.165, 1.54) is 122 Å². The lowest BCUT2D eigenvalue weighted by atomic mass is 9.87. The molecule has 1 unspecified atom stereocenters. The predicted octanol–water partition coefficient (Wildman–Crippen LogP) is 6.75. The van der Waals surface area contributed by atoms with E-state index < -0.39 is 0 Å². The van der Waals surface area contributed by atoms with Gasteiger partial charge < -0.3 is 5.32 Å². The molecule has 1 atom stereocenters. The molecular weight excluding hydrogens is 410 g/mol. The van der Waals surface area contributed by atoms with Crippen molar-refractivity contribution in [1.29, 1.82) is 0 Å². The van der Waals surface area contributed by atoms with E-state index in [2.05, 4.69) is 10.2 Å². The van der Waals surface area contributed by atoms with Crippen molar-refractivity contribution < 1.29 is 9.59 Å². The Hall–Kier alpha value is -1.10. The predicted molar refractivity (Wildman–Crippen MR) is 134 cm³/mol. The van der Waals surface area contributed by atoms with Gasteiger partial charge in [-0.25, -0.2) is 9.69 Å². The van der Waals surface area contributed by atoms with Crippen molar-refractivity contribution in [2.75, 3.05) is 6.67 Å². The van der Waals surface area contributed by atoms with E-state index in [9.17, 15) is 9.59 Å². The molecule has 1 aliphatic heterocycles. The Morgan fingerprint density at radius 3 is 1.48 bits per heavy atom. The van der Waals surface area contributed by atoms with Gasteiger partial charge in [0.1, 0.15) is 6.04 Å². The molecule has 1 heterocycles. The highest BCUT2D eigenvalue weighted by molar-refractivity contribution is 6.04. The standard InChI is InChI=1S/C28H49N3O2/c32-27-26(23-16-10-6-4-2-1-3-5-7-11-17-23)29-28(33)31(27)22-30(24-18-12-8-13-19-24)25-20-14-9-15-21-25/h23-26H,1-22H2,(H,29,33). The highest BCUT2D eigenvalue weighted by atomic mass is 16.2. The van der Waals surface area contributed by atoms with Crippen LogP contribution in [0.1, 0.15) is 135 Å². The average Bonchev–Trinajstić information content (AvgIpc) is 3.12. The number of hydrogen-bond donors (Lipinski definition) is 1. The monoisotopic (exact) mass is 459 g/mol. The number of carbonyl (C=O) groups is 2. The first-order valence-corrected chi connectivity index (χ1v) is 14.6. The van der Waals surface area contributed by atoms with Gasteiger partial charge in [-0.15, -0.1) is 0 Å². The lowest BCUT2D eigenvalue weighted by Gasteiger charge is -2.42. The van der Waals surface area contributed by atoms with Crippen molar-refractivity contribution in [2.45, 2.75) is 153 Å². The Balaban J connectivity index is 1.41. The molecule has 0 aromatic heterocycles. The van der Waals surface area contributed by atoms with Gasteiger partial charge in [0.25, 0.3) is 5.91 Å². The highest BCUT2D eigenvalue weighted by Crippen LogP contribution is 2.32. The van der Waals surface area contributed by atoms with Crippen LogP contribution in [-0.2, 0) is 4.79 Å². The summed E-state index contributed by atoms with van der Waals surface area (Å²) in [5.74, 6) is 0.373. The minimum atomic E-state index is -0.292. The maximum absolute atomic E-state index is 13.6. The van der Waals surface area contributed by atoms with Crippen LogP contribution in [0.15, 0.2) is 0 Å². The first-order valence-electron chi connectivity index (χ1n) is 14.6. The lowest BCUT2D eigenvalue weighted by molar-refractivity contribution is -0.131. The maximum Gasteiger partial charge on any atom is 0.325 e. The third-order valence-corrected chi connectivity index (χ3v) is 9.07. The van der Waals surface area contributed by atoms with E-state index >= 15 is 0 Å². The third-order valence-electron chi connectivity index (χ3n) is 9.07. The Morgan fingerprint density at radius 1 is 0.606 bits per heavy atom. The number of nitrogens with zero attached hydrogens (tertiary/aromatic N) is 2. The molecule has 0 bridgehead atoms. The van der Waals surface area contributed by atoms with E-state index in [1.807, 2.05) is 0 Å². The van der Waals surface area contributed by atoms with Crippen LogP contribution in [0, 0.1) is 5.92 Å². The normalized spacial score (nSPS) is 28.5. The van der Waals surface area contributed by atoms with Gasteiger partial charge >= 0.3 is 6.03 Å². The van der Waals surface area contributed by atoms with Gasteiger partial charge in [-0.3, -0.25) is 9.69 Å². The molecule has 1 N–H and O–H groups in total. The second kappa shape index (κ2) is 13.1. The molecule has 4 fully saturated rings. The van der Waals surface area contributed by atoms with Crippen molar-refractivity contribution >= 4 is 11.9 Å². The fourth-order valence-corrected chi connectivity index (χ4v) is 7.04. The number of amides is 3. The smallest absolute Gasteiger partial charge is 0.325 e. The van der Waals surface area contributed by atoms with Gasteiger partial charge in [-0.2, -0.15) is 0 Å². The van der Waals surface area contributed by atoms with Gasteiger partial charge in [0.05, 0.1) is 6.67 Å². The summed E-state index contributed by atoms with van der Waals surface area (Å²) < 4.78 is 0. The van der Waals surface area contributed by atoms with Crippen molar-refractivity contribution in [3.63, 3.8) is 0 Å². The van der Waals surface area contributed by atoms with Crippen LogP contribution in [-0.4, -0.2) is 46.5 Å². The lowest BCUT2D eigenvalue weighted by Crippen LogP contribution is -2.52. The van der Waals surface area contributed by atoms with E-state index in [4.69, 9.17) is 0 Å². The minimum absolute atomic E-state index is 0.0636. The van der Waals surface area contributed by atoms with Crippen LogP contribution in [0.3, 0.4) is 0 Å². The van der Waals surface area contributed by atoms with Crippen molar-refractivity contribution in [1.82, 2.24) is 15.1 Å². The van der Waals surface area contributed by atoms with E-state index in [-0.39, 0.29) is 18.0 Å². The summed E-state index contributed by atoms with van der Waals surface area (Å²) in [4.78, 5) is 30.9.